The Kier molecular flexibility index (Phi) is 4.19. The summed E-state index contributed by atoms with van der Waals surface area (Å²) in [6, 6.07) is 0. The van der Waals surface area contributed by atoms with Crippen molar-refractivity contribution in [3.8, 4) is 0 Å². The molecule has 108 valence electrons. The van der Waals surface area contributed by atoms with Crippen LogP contribution in [0.15, 0.2) is 12.2 Å². The van der Waals surface area contributed by atoms with Crippen LogP contribution in [0.5, 0.6) is 0 Å². The molecule has 0 amide bonds. The number of ketones is 1. The van der Waals surface area contributed by atoms with Gasteiger partial charge in [0, 0.05) is 12.7 Å². The highest BCUT2D eigenvalue weighted by Crippen LogP contribution is 2.48. The van der Waals surface area contributed by atoms with Crippen LogP contribution in [0.3, 0.4) is 0 Å². The van der Waals surface area contributed by atoms with Gasteiger partial charge in [0.25, 0.3) is 0 Å². The van der Waals surface area contributed by atoms with Crippen LogP contribution in [0.1, 0.15) is 20.8 Å². The normalized spacial score (nSPS) is 35.0. The van der Waals surface area contributed by atoms with Crippen molar-refractivity contribution >= 4 is 11.8 Å². The zero-order chi connectivity index (χ0) is 15.0. The third-order valence-corrected chi connectivity index (χ3v) is 3.74. The Hall–Kier alpha value is -1.24. The zero-order valence-electron chi connectivity index (χ0n) is 11.6. The summed E-state index contributed by atoms with van der Waals surface area (Å²) in [6.07, 6.45) is 0. The maximum atomic E-state index is 12.0. The lowest BCUT2D eigenvalue weighted by atomic mass is 9.73. The Morgan fingerprint density at radius 3 is 2.42 bits per heavy atom. The first-order valence-corrected chi connectivity index (χ1v) is 5.96. The molecule has 2 N–H and O–H groups in total. The van der Waals surface area contributed by atoms with Crippen LogP contribution < -0.4 is 0 Å². The minimum absolute atomic E-state index is 0.151. The molecule has 0 radical (unpaired) electrons. The van der Waals surface area contributed by atoms with Crippen LogP contribution in [-0.4, -0.2) is 47.1 Å². The molecule has 0 aromatic rings. The van der Waals surface area contributed by atoms with E-state index in [9.17, 15) is 19.8 Å². The first-order chi connectivity index (χ1) is 8.62. The Balaban J connectivity index is 3.24. The number of rotatable bonds is 4. The molecule has 0 spiro atoms. The summed E-state index contributed by atoms with van der Waals surface area (Å²) >= 11 is 0. The summed E-state index contributed by atoms with van der Waals surface area (Å²) in [5.74, 6) is -3.44. The Morgan fingerprint density at radius 2 is 2.00 bits per heavy atom. The van der Waals surface area contributed by atoms with E-state index in [0.717, 1.165) is 0 Å². The Labute approximate surface area is 112 Å². The van der Waals surface area contributed by atoms with E-state index in [1.54, 1.807) is 13.8 Å². The van der Waals surface area contributed by atoms with E-state index in [4.69, 9.17) is 4.74 Å². The van der Waals surface area contributed by atoms with E-state index >= 15 is 0 Å². The number of esters is 1. The molecular formula is C13H20O6. The van der Waals surface area contributed by atoms with E-state index in [1.165, 1.54) is 14.0 Å². The van der Waals surface area contributed by atoms with Crippen LogP contribution in [0, 0.1) is 11.8 Å². The smallest absolute Gasteiger partial charge is 0.318 e. The quantitative estimate of drug-likeness (QED) is 0.426. The number of carbonyl (C=O) groups is 2. The van der Waals surface area contributed by atoms with Crippen molar-refractivity contribution in [2.75, 3.05) is 13.9 Å². The van der Waals surface area contributed by atoms with Gasteiger partial charge >= 0.3 is 5.97 Å². The summed E-state index contributed by atoms with van der Waals surface area (Å²) in [5.41, 5.74) is -4.18. The number of hydrogen-bond acceptors (Lipinski definition) is 6. The van der Waals surface area contributed by atoms with E-state index in [0.29, 0.717) is 0 Å². The summed E-state index contributed by atoms with van der Waals surface area (Å²) in [7, 11) is 1.34. The lowest BCUT2D eigenvalue weighted by Crippen LogP contribution is -2.59. The SMILES string of the molecule is C=C1C(=O)[C@@](C)(O)[C@](O)(C(C)C)[C@@H]1C(=O)OCOC. The number of ether oxygens (including phenoxy) is 2. The van der Waals surface area contributed by atoms with Crippen LogP contribution in [0.4, 0.5) is 0 Å². The first-order valence-electron chi connectivity index (χ1n) is 5.96. The molecule has 1 saturated carbocycles. The standard InChI is InChI=1S/C13H20O6/c1-7(2)13(17)9(11(15)19-6-18-5)8(3)10(14)12(13,4)16/h7,9,16-17H,3,6H2,1-2,4-5H3/t9-,12+,13-/m0/s1. The van der Waals surface area contributed by atoms with Gasteiger partial charge in [0.2, 0.25) is 0 Å². The fraction of sp³-hybridized carbons (Fsp3) is 0.692. The molecule has 0 heterocycles. The molecule has 1 fully saturated rings. The average Bonchev–Trinajstić information content (AvgIpc) is 2.46. The minimum atomic E-state index is -2.07. The highest BCUT2D eigenvalue weighted by Gasteiger charge is 2.67. The molecule has 1 aliphatic carbocycles. The number of aliphatic hydroxyl groups is 2. The molecule has 1 rings (SSSR count). The second kappa shape index (κ2) is 5.03. The monoisotopic (exact) mass is 272 g/mol. The summed E-state index contributed by atoms with van der Waals surface area (Å²) < 4.78 is 9.40. The molecule has 0 saturated heterocycles. The maximum Gasteiger partial charge on any atom is 0.318 e. The van der Waals surface area contributed by atoms with Crippen molar-refractivity contribution < 1.29 is 29.3 Å². The van der Waals surface area contributed by atoms with Crippen molar-refractivity contribution in [2.45, 2.75) is 32.0 Å². The Bertz CT molecular complexity index is 411. The molecule has 19 heavy (non-hydrogen) atoms. The van der Waals surface area contributed by atoms with Crippen LogP contribution >= 0.6 is 0 Å². The predicted molar refractivity (Wildman–Crippen MR) is 66.0 cm³/mol. The summed E-state index contributed by atoms with van der Waals surface area (Å²) in [6.45, 7) is 7.61. The van der Waals surface area contributed by atoms with E-state index in [1.807, 2.05) is 0 Å². The molecule has 0 bridgehead atoms. The second-order valence-electron chi connectivity index (χ2n) is 5.21. The second-order valence-corrected chi connectivity index (χ2v) is 5.21. The number of hydrogen-bond donors (Lipinski definition) is 2. The maximum absolute atomic E-state index is 12.0. The molecule has 0 aliphatic heterocycles. The van der Waals surface area contributed by atoms with Gasteiger partial charge in [0.1, 0.15) is 11.5 Å². The predicted octanol–water partition coefficient (Wildman–Crippen LogP) is 0.0267. The van der Waals surface area contributed by atoms with Crippen molar-refractivity contribution in [1.29, 1.82) is 0 Å². The number of Topliss-reactive ketones (excluding diaryl/α,β-unsaturated/α-hetero) is 1. The molecule has 0 aromatic heterocycles. The zero-order valence-corrected chi connectivity index (χ0v) is 11.6. The van der Waals surface area contributed by atoms with E-state index in [2.05, 4.69) is 11.3 Å². The molecular weight excluding hydrogens is 252 g/mol. The summed E-state index contributed by atoms with van der Waals surface area (Å²) in [4.78, 5) is 24.0. The van der Waals surface area contributed by atoms with Gasteiger partial charge in [-0.15, -0.1) is 0 Å². The van der Waals surface area contributed by atoms with Crippen molar-refractivity contribution in [3.05, 3.63) is 12.2 Å². The molecule has 6 heteroatoms. The Morgan fingerprint density at radius 1 is 1.47 bits per heavy atom. The first kappa shape index (κ1) is 15.8. The van der Waals surface area contributed by atoms with Gasteiger partial charge in [-0.1, -0.05) is 20.4 Å². The van der Waals surface area contributed by atoms with Crippen LogP contribution in [0.2, 0.25) is 0 Å². The molecule has 1 aliphatic rings. The highest BCUT2D eigenvalue weighted by atomic mass is 16.7. The molecule has 0 aromatic carbocycles. The molecule has 3 atom stereocenters. The van der Waals surface area contributed by atoms with Crippen molar-refractivity contribution in [1.82, 2.24) is 0 Å². The summed E-state index contributed by atoms with van der Waals surface area (Å²) in [5, 5.41) is 21.0. The fourth-order valence-corrected chi connectivity index (χ4v) is 2.59. The van der Waals surface area contributed by atoms with Gasteiger partial charge in [0.05, 0.1) is 0 Å². The van der Waals surface area contributed by atoms with Gasteiger partial charge < -0.3 is 19.7 Å². The minimum Gasteiger partial charge on any atom is -0.438 e. The third-order valence-electron chi connectivity index (χ3n) is 3.74. The van der Waals surface area contributed by atoms with Crippen molar-refractivity contribution in [2.24, 2.45) is 11.8 Å². The molecule has 6 nitrogen and oxygen atoms in total. The topological polar surface area (TPSA) is 93.1 Å². The number of carbonyl (C=O) groups excluding carboxylic acids is 2. The fourth-order valence-electron chi connectivity index (χ4n) is 2.59. The lowest BCUT2D eigenvalue weighted by Gasteiger charge is -2.39. The average molecular weight is 272 g/mol. The van der Waals surface area contributed by atoms with Gasteiger partial charge in [0.15, 0.2) is 18.2 Å². The largest absolute Gasteiger partial charge is 0.438 e. The third kappa shape index (κ3) is 2.09. The lowest BCUT2D eigenvalue weighted by molar-refractivity contribution is -0.191. The van der Waals surface area contributed by atoms with Gasteiger partial charge in [-0.3, -0.25) is 9.59 Å². The van der Waals surface area contributed by atoms with Gasteiger partial charge in [-0.05, 0) is 12.8 Å². The molecule has 0 unspecified atom stereocenters. The van der Waals surface area contributed by atoms with E-state index < -0.39 is 34.8 Å². The number of methoxy groups -OCH3 is 1. The van der Waals surface area contributed by atoms with Crippen LogP contribution in [-0.2, 0) is 19.1 Å². The van der Waals surface area contributed by atoms with E-state index in [-0.39, 0.29) is 12.4 Å². The van der Waals surface area contributed by atoms with Crippen molar-refractivity contribution in [3.63, 3.8) is 0 Å². The highest BCUT2D eigenvalue weighted by molar-refractivity contribution is 6.10. The van der Waals surface area contributed by atoms with Gasteiger partial charge in [-0.25, -0.2) is 0 Å². The van der Waals surface area contributed by atoms with Gasteiger partial charge in [-0.2, -0.15) is 0 Å². The van der Waals surface area contributed by atoms with Crippen LogP contribution in [0.25, 0.3) is 0 Å².